The Kier molecular flexibility index (Phi) is 3.04. The zero-order valence-corrected chi connectivity index (χ0v) is 7.54. The molecule has 3 heteroatoms. The van der Waals surface area contributed by atoms with Crippen molar-refractivity contribution < 1.29 is 0 Å². The summed E-state index contributed by atoms with van der Waals surface area (Å²) in [7, 11) is 0. The monoisotopic (exact) mass is 173 g/mol. The van der Waals surface area contributed by atoms with Gasteiger partial charge in [0.05, 0.1) is 0 Å². The molecule has 0 spiro atoms. The number of nitrogens with one attached hydrogen (secondary N) is 1. The van der Waals surface area contributed by atoms with E-state index in [0.29, 0.717) is 5.69 Å². The fourth-order valence-corrected chi connectivity index (χ4v) is 0.855. The van der Waals surface area contributed by atoms with Gasteiger partial charge < -0.3 is 5.32 Å². The highest BCUT2D eigenvalue weighted by Gasteiger charge is 1.94. The lowest BCUT2D eigenvalue weighted by molar-refractivity contribution is 1.19. The molecule has 0 fully saturated rings. The maximum atomic E-state index is 8.58. The van der Waals surface area contributed by atoms with Crippen molar-refractivity contribution in [2.45, 2.75) is 6.92 Å². The molecule has 0 radical (unpaired) electrons. The van der Waals surface area contributed by atoms with E-state index in [0.717, 1.165) is 17.8 Å². The zero-order valence-electron chi connectivity index (χ0n) is 7.54. The molecule has 3 nitrogen and oxygen atoms in total. The largest absolute Gasteiger partial charge is 0.381 e. The summed E-state index contributed by atoms with van der Waals surface area (Å²) in [5.41, 5.74) is 2.37. The normalized spacial score (nSPS) is 8.92. The van der Waals surface area contributed by atoms with E-state index in [1.54, 1.807) is 12.3 Å². The number of pyridine rings is 1. The van der Waals surface area contributed by atoms with Crippen LogP contribution in [-0.2, 0) is 0 Å². The topological polar surface area (TPSA) is 48.7 Å². The summed E-state index contributed by atoms with van der Waals surface area (Å²) in [6.07, 6.45) is 1.61. The number of nitrogens with zero attached hydrogens (tertiary/aromatic N) is 2. The minimum Gasteiger partial charge on any atom is -0.381 e. The van der Waals surface area contributed by atoms with Gasteiger partial charge in [0.2, 0.25) is 0 Å². The summed E-state index contributed by atoms with van der Waals surface area (Å²) in [4.78, 5) is 3.86. The molecule has 13 heavy (non-hydrogen) atoms. The smallest absolute Gasteiger partial charge is 0.142 e. The lowest BCUT2D eigenvalue weighted by Crippen LogP contribution is -2.02. The number of nitriles is 1. The van der Waals surface area contributed by atoms with E-state index in [4.69, 9.17) is 5.26 Å². The molecular formula is C10H11N3. The summed E-state index contributed by atoms with van der Waals surface area (Å²) >= 11 is 0. The van der Waals surface area contributed by atoms with Gasteiger partial charge in [-0.25, -0.2) is 4.98 Å². The summed E-state index contributed by atoms with van der Waals surface area (Å²) < 4.78 is 0. The van der Waals surface area contributed by atoms with E-state index >= 15 is 0 Å². The number of hydrogen-bond acceptors (Lipinski definition) is 3. The first-order chi connectivity index (χ1) is 6.22. The predicted molar refractivity (Wildman–Crippen MR) is 52.3 cm³/mol. The molecule has 1 N–H and O–H groups in total. The quantitative estimate of drug-likeness (QED) is 0.710. The van der Waals surface area contributed by atoms with E-state index in [2.05, 4.69) is 16.9 Å². The van der Waals surface area contributed by atoms with E-state index in [1.807, 2.05) is 19.1 Å². The summed E-state index contributed by atoms with van der Waals surface area (Å²) in [5.74, 6) is 0. The van der Waals surface area contributed by atoms with Gasteiger partial charge in [-0.2, -0.15) is 5.26 Å². The predicted octanol–water partition coefficient (Wildman–Crippen LogP) is 1.94. The van der Waals surface area contributed by atoms with Crippen molar-refractivity contribution in [2.75, 3.05) is 11.9 Å². The third-order valence-corrected chi connectivity index (χ3v) is 1.47. The highest BCUT2D eigenvalue weighted by Crippen LogP contribution is 2.07. The molecule has 1 aromatic rings. The lowest BCUT2D eigenvalue weighted by atomic mass is 10.3. The second kappa shape index (κ2) is 4.27. The van der Waals surface area contributed by atoms with Gasteiger partial charge in [0.1, 0.15) is 11.8 Å². The highest BCUT2D eigenvalue weighted by molar-refractivity contribution is 5.46. The molecule has 0 aliphatic carbocycles. The Labute approximate surface area is 77.7 Å². The number of rotatable bonds is 3. The van der Waals surface area contributed by atoms with E-state index in [-0.39, 0.29) is 0 Å². The number of hydrogen-bond donors (Lipinski definition) is 1. The van der Waals surface area contributed by atoms with Crippen molar-refractivity contribution in [1.29, 1.82) is 5.26 Å². The molecule has 0 aliphatic rings. The molecule has 0 saturated heterocycles. The Morgan fingerprint density at radius 3 is 3.15 bits per heavy atom. The Morgan fingerprint density at radius 2 is 2.54 bits per heavy atom. The van der Waals surface area contributed by atoms with Gasteiger partial charge in [-0.3, -0.25) is 0 Å². The molecule has 1 aromatic heterocycles. The van der Waals surface area contributed by atoms with Crippen LogP contribution >= 0.6 is 0 Å². The first-order valence-electron chi connectivity index (χ1n) is 3.97. The van der Waals surface area contributed by atoms with Crippen LogP contribution in [0.4, 0.5) is 5.69 Å². The van der Waals surface area contributed by atoms with Crippen LogP contribution in [0.25, 0.3) is 0 Å². The maximum absolute atomic E-state index is 8.58. The third-order valence-electron chi connectivity index (χ3n) is 1.47. The Bertz CT molecular complexity index is 349. The molecular weight excluding hydrogens is 162 g/mol. The summed E-state index contributed by atoms with van der Waals surface area (Å²) in [5, 5.41) is 11.7. The minimum atomic E-state index is 0.423. The molecule has 0 amide bonds. The standard InChI is InChI=1S/C10H11N3/c1-8(2)7-13-9-3-4-12-10(5-9)6-11/h3-5H,1,7H2,2H3,(H,12,13). The Hall–Kier alpha value is -1.82. The second-order valence-corrected chi connectivity index (χ2v) is 2.85. The van der Waals surface area contributed by atoms with Gasteiger partial charge in [0, 0.05) is 18.4 Å². The van der Waals surface area contributed by atoms with Gasteiger partial charge in [-0.15, -0.1) is 0 Å². The Balaban J connectivity index is 2.68. The van der Waals surface area contributed by atoms with Crippen molar-refractivity contribution in [2.24, 2.45) is 0 Å². The zero-order chi connectivity index (χ0) is 9.68. The van der Waals surface area contributed by atoms with Crippen LogP contribution in [0.3, 0.4) is 0 Å². The second-order valence-electron chi connectivity index (χ2n) is 2.85. The molecule has 0 aromatic carbocycles. The van der Waals surface area contributed by atoms with Gasteiger partial charge >= 0.3 is 0 Å². The molecule has 0 atom stereocenters. The van der Waals surface area contributed by atoms with Crippen molar-refractivity contribution in [3.05, 3.63) is 36.2 Å². The molecule has 0 bridgehead atoms. The van der Waals surface area contributed by atoms with Crippen molar-refractivity contribution in [1.82, 2.24) is 4.98 Å². The maximum Gasteiger partial charge on any atom is 0.142 e. The summed E-state index contributed by atoms with van der Waals surface area (Å²) in [6.45, 7) is 6.43. The fourth-order valence-electron chi connectivity index (χ4n) is 0.855. The molecule has 0 unspecified atom stereocenters. The van der Waals surface area contributed by atoms with Gasteiger partial charge in [-0.05, 0) is 19.1 Å². The van der Waals surface area contributed by atoms with Crippen LogP contribution in [0, 0.1) is 11.3 Å². The average Bonchev–Trinajstić information content (AvgIpc) is 2.15. The van der Waals surface area contributed by atoms with Crippen LogP contribution in [-0.4, -0.2) is 11.5 Å². The molecule has 0 aliphatic heterocycles. The van der Waals surface area contributed by atoms with Crippen molar-refractivity contribution >= 4 is 5.69 Å². The van der Waals surface area contributed by atoms with Crippen LogP contribution in [0.1, 0.15) is 12.6 Å². The first-order valence-corrected chi connectivity index (χ1v) is 3.97. The SMILES string of the molecule is C=C(C)CNc1ccnc(C#N)c1. The Morgan fingerprint density at radius 1 is 1.77 bits per heavy atom. The number of anilines is 1. The van der Waals surface area contributed by atoms with Crippen LogP contribution in [0.2, 0.25) is 0 Å². The molecule has 1 heterocycles. The van der Waals surface area contributed by atoms with Crippen LogP contribution in [0.15, 0.2) is 30.5 Å². The average molecular weight is 173 g/mol. The van der Waals surface area contributed by atoms with Crippen LogP contribution in [0.5, 0.6) is 0 Å². The minimum absolute atomic E-state index is 0.423. The van der Waals surface area contributed by atoms with Gasteiger partial charge in [0.25, 0.3) is 0 Å². The number of aromatic nitrogens is 1. The fraction of sp³-hybridized carbons (Fsp3) is 0.200. The molecule has 0 saturated carbocycles. The molecule has 1 rings (SSSR count). The summed E-state index contributed by atoms with van der Waals surface area (Å²) in [6, 6.07) is 5.52. The van der Waals surface area contributed by atoms with E-state index in [9.17, 15) is 0 Å². The van der Waals surface area contributed by atoms with Crippen molar-refractivity contribution in [3.8, 4) is 6.07 Å². The first kappa shape index (κ1) is 9.27. The third kappa shape index (κ3) is 2.96. The van der Waals surface area contributed by atoms with Crippen LogP contribution < -0.4 is 5.32 Å². The van der Waals surface area contributed by atoms with Gasteiger partial charge in [0.15, 0.2) is 0 Å². The molecule has 66 valence electrons. The van der Waals surface area contributed by atoms with Gasteiger partial charge in [-0.1, -0.05) is 12.2 Å². The van der Waals surface area contributed by atoms with E-state index in [1.165, 1.54) is 0 Å². The highest BCUT2D eigenvalue weighted by atomic mass is 14.9. The van der Waals surface area contributed by atoms with E-state index < -0.39 is 0 Å². The lowest BCUT2D eigenvalue weighted by Gasteiger charge is -2.04. The van der Waals surface area contributed by atoms with Crippen molar-refractivity contribution in [3.63, 3.8) is 0 Å².